The van der Waals surface area contributed by atoms with Crippen LogP contribution in [0.5, 0.6) is 0 Å². The number of nitrogens with one attached hydrogen (secondary N) is 1. The molecule has 1 amide bonds. The van der Waals surface area contributed by atoms with Crippen LogP contribution < -0.4 is 5.32 Å². The van der Waals surface area contributed by atoms with E-state index in [0.717, 1.165) is 25.7 Å². The minimum absolute atomic E-state index is 0.213. The summed E-state index contributed by atoms with van der Waals surface area (Å²) in [5, 5.41) is 2.63. The van der Waals surface area contributed by atoms with Gasteiger partial charge in [-0.05, 0) is 37.0 Å². The molecule has 0 unspecified atom stereocenters. The zero-order valence-corrected chi connectivity index (χ0v) is 16.6. The highest BCUT2D eigenvalue weighted by molar-refractivity contribution is 6.28. The summed E-state index contributed by atoms with van der Waals surface area (Å²) in [5.74, 6) is -0.965. The van der Waals surface area contributed by atoms with Crippen molar-refractivity contribution < 1.29 is 23.9 Å². The van der Waals surface area contributed by atoms with Crippen LogP contribution in [-0.2, 0) is 14.3 Å². The van der Waals surface area contributed by atoms with Crippen molar-refractivity contribution in [1.82, 2.24) is 0 Å². The summed E-state index contributed by atoms with van der Waals surface area (Å²) in [6, 6.07) is 11.3. The fraction of sp³-hybridized carbons (Fsp3) is 0.333. The molecule has 2 aliphatic carbocycles. The standard InChI is InChI=1S/C24H23NO5/c26-21(14-30-22(27)12-15-6-2-1-3-7-15)25-16-10-11-19-20(13-16)24(29)18-9-5-4-8-17(18)23(19)28/h4-5,8-11,13,15H,1-3,6-7,12,14H2,(H,25,26). The van der Waals surface area contributed by atoms with E-state index < -0.39 is 5.91 Å². The number of carbonyl (C=O) groups is 4. The fourth-order valence-electron chi connectivity index (χ4n) is 4.21. The summed E-state index contributed by atoms with van der Waals surface area (Å²) in [6.45, 7) is -0.377. The van der Waals surface area contributed by atoms with E-state index in [2.05, 4.69) is 5.32 Å². The average Bonchev–Trinajstić information content (AvgIpc) is 2.77. The average molecular weight is 405 g/mol. The van der Waals surface area contributed by atoms with Crippen LogP contribution in [0.4, 0.5) is 5.69 Å². The number of benzene rings is 2. The first kappa shape index (κ1) is 20.0. The lowest BCUT2D eigenvalue weighted by Crippen LogP contribution is -2.24. The molecule has 0 radical (unpaired) electrons. The van der Waals surface area contributed by atoms with E-state index >= 15 is 0 Å². The number of rotatable bonds is 5. The number of anilines is 1. The third-order valence-electron chi connectivity index (χ3n) is 5.75. The molecular formula is C24H23NO5. The van der Waals surface area contributed by atoms with Crippen molar-refractivity contribution >= 4 is 29.1 Å². The summed E-state index contributed by atoms with van der Waals surface area (Å²) in [4.78, 5) is 49.5. The first-order chi connectivity index (χ1) is 14.5. The highest BCUT2D eigenvalue weighted by Crippen LogP contribution is 2.29. The molecule has 4 rings (SSSR count). The summed E-state index contributed by atoms with van der Waals surface area (Å²) in [5.41, 5.74) is 1.69. The minimum atomic E-state index is -0.484. The van der Waals surface area contributed by atoms with E-state index in [4.69, 9.17) is 4.74 Å². The van der Waals surface area contributed by atoms with Gasteiger partial charge in [0, 0.05) is 34.4 Å². The van der Waals surface area contributed by atoms with Crippen LogP contribution in [0.2, 0.25) is 0 Å². The van der Waals surface area contributed by atoms with Gasteiger partial charge in [-0.15, -0.1) is 0 Å². The Labute approximate surface area is 174 Å². The highest BCUT2D eigenvalue weighted by atomic mass is 16.5. The molecule has 0 aliphatic heterocycles. The molecule has 1 N–H and O–H groups in total. The van der Waals surface area contributed by atoms with Gasteiger partial charge in [-0.3, -0.25) is 19.2 Å². The Morgan fingerprint density at radius 3 is 2.20 bits per heavy atom. The van der Waals surface area contributed by atoms with Gasteiger partial charge in [0.15, 0.2) is 18.2 Å². The maximum absolute atomic E-state index is 12.8. The Morgan fingerprint density at radius 1 is 0.867 bits per heavy atom. The first-order valence-electron chi connectivity index (χ1n) is 10.3. The van der Waals surface area contributed by atoms with E-state index in [1.165, 1.54) is 18.6 Å². The Balaban J connectivity index is 1.37. The van der Waals surface area contributed by atoms with Crippen LogP contribution in [-0.4, -0.2) is 30.0 Å². The number of hydrogen-bond donors (Lipinski definition) is 1. The molecular weight excluding hydrogens is 382 g/mol. The summed E-state index contributed by atoms with van der Waals surface area (Å²) in [7, 11) is 0. The van der Waals surface area contributed by atoms with E-state index in [9.17, 15) is 19.2 Å². The second-order valence-corrected chi connectivity index (χ2v) is 7.88. The fourth-order valence-corrected chi connectivity index (χ4v) is 4.21. The molecule has 1 fully saturated rings. The van der Waals surface area contributed by atoms with Crippen LogP contribution in [0.25, 0.3) is 0 Å². The Hall–Kier alpha value is -3.28. The van der Waals surface area contributed by atoms with Gasteiger partial charge in [-0.25, -0.2) is 0 Å². The molecule has 0 bridgehead atoms. The van der Waals surface area contributed by atoms with Crippen LogP contribution >= 0.6 is 0 Å². The number of ketones is 2. The molecule has 30 heavy (non-hydrogen) atoms. The van der Waals surface area contributed by atoms with Crippen LogP contribution in [0.1, 0.15) is 70.4 Å². The van der Waals surface area contributed by atoms with Gasteiger partial charge in [-0.1, -0.05) is 43.5 Å². The molecule has 0 saturated heterocycles. The van der Waals surface area contributed by atoms with Crippen molar-refractivity contribution in [1.29, 1.82) is 0 Å². The molecule has 2 aliphatic rings. The quantitative estimate of drug-likeness (QED) is 0.650. The SMILES string of the molecule is O=C(COC(=O)CC1CCCCC1)Nc1ccc2c(c1)C(=O)c1ccccc1C2=O. The number of hydrogen-bond acceptors (Lipinski definition) is 5. The molecule has 2 aromatic rings. The van der Waals surface area contributed by atoms with Crippen molar-refractivity contribution in [2.75, 3.05) is 11.9 Å². The molecule has 0 aromatic heterocycles. The van der Waals surface area contributed by atoms with Gasteiger partial charge in [0.2, 0.25) is 0 Å². The molecule has 2 aromatic carbocycles. The number of fused-ring (bicyclic) bond motifs is 2. The second-order valence-electron chi connectivity index (χ2n) is 7.88. The number of carbonyl (C=O) groups excluding carboxylic acids is 4. The van der Waals surface area contributed by atoms with Crippen molar-refractivity contribution in [3.05, 3.63) is 64.7 Å². The molecule has 0 spiro atoms. The van der Waals surface area contributed by atoms with Crippen molar-refractivity contribution in [2.24, 2.45) is 5.92 Å². The van der Waals surface area contributed by atoms with E-state index in [-0.39, 0.29) is 29.7 Å². The minimum Gasteiger partial charge on any atom is -0.456 e. The zero-order valence-electron chi connectivity index (χ0n) is 16.6. The number of amides is 1. The molecule has 154 valence electrons. The molecule has 6 heteroatoms. The van der Waals surface area contributed by atoms with E-state index in [1.54, 1.807) is 30.3 Å². The van der Waals surface area contributed by atoms with Crippen LogP contribution in [0.15, 0.2) is 42.5 Å². The molecule has 1 saturated carbocycles. The zero-order chi connectivity index (χ0) is 21.1. The first-order valence-corrected chi connectivity index (χ1v) is 10.3. The summed E-state index contributed by atoms with van der Waals surface area (Å²) in [6.07, 6.45) is 5.92. The van der Waals surface area contributed by atoms with E-state index in [1.807, 2.05) is 0 Å². The Morgan fingerprint density at radius 2 is 1.50 bits per heavy atom. The lowest BCUT2D eigenvalue weighted by atomic mass is 9.84. The number of esters is 1. The Kier molecular flexibility index (Phi) is 5.74. The van der Waals surface area contributed by atoms with Gasteiger partial charge in [0.05, 0.1) is 0 Å². The topological polar surface area (TPSA) is 89.5 Å². The summed E-state index contributed by atoms with van der Waals surface area (Å²) < 4.78 is 5.10. The third kappa shape index (κ3) is 4.17. The van der Waals surface area contributed by atoms with Crippen LogP contribution in [0, 0.1) is 5.92 Å². The second kappa shape index (κ2) is 8.61. The molecule has 0 atom stereocenters. The summed E-state index contributed by atoms with van der Waals surface area (Å²) >= 11 is 0. The van der Waals surface area contributed by atoms with Gasteiger partial charge in [0.25, 0.3) is 5.91 Å². The Bertz CT molecular complexity index is 1020. The van der Waals surface area contributed by atoms with Crippen LogP contribution in [0.3, 0.4) is 0 Å². The van der Waals surface area contributed by atoms with Gasteiger partial charge < -0.3 is 10.1 Å². The van der Waals surface area contributed by atoms with Gasteiger partial charge in [0.1, 0.15) is 0 Å². The van der Waals surface area contributed by atoms with E-state index in [0.29, 0.717) is 34.7 Å². The van der Waals surface area contributed by atoms with Gasteiger partial charge >= 0.3 is 5.97 Å². The predicted octanol–water partition coefficient (Wildman–Crippen LogP) is 3.91. The van der Waals surface area contributed by atoms with Gasteiger partial charge in [-0.2, -0.15) is 0 Å². The predicted molar refractivity (Wildman–Crippen MR) is 111 cm³/mol. The maximum atomic E-state index is 12.8. The highest BCUT2D eigenvalue weighted by Gasteiger charge is 2.29. The molecule has 0 heterocycles. The smallest absolute Gasteiger partial charge is 0.306 e. The van der Waals surface area contributed by atoms with Crippen molar-refractivity contribution in [3.8, 4) is 0 Å². The maximum Gasteiger partial charge on any atom is 0.306 e. The van der Waals surface area contributed by atoms with Crippen molar-refractivity contribution in [2.45, 2.75) is 38.5 Å². The number of ether oxygens (including phenoxy) is 1. The normalized spacial score (nSPS) is 15.9. The molecule has 6 nitrogen and oxygen atoms in total. The van der Waals surface area contributed by atoms with Crippen molar-refractivity contribution in [3.63, 3.8) is 0 Å². The largest absolute Gasteiger partial charge is 0.456 e. The third-order valence-corrected chi connectivity index (χ3v) is 5.75. The monoisotopic (exact) mass is 405 g/mol. The lowest BCUT2D eigenvalue weighted by Gasteiger charge is -2.20. The lowest BCUT2D eigenvalue weighted by molar-refractivity contribution is -0.148.